The largest absolute Gasteiger partial charge is 0.493 e. The van der Waals surface area contributed by atoms with Gasteiger partial charge in [-0.25, -0.2) is 14.4 Å². The quantitative estimate of drug-likeness (QED) is 0.0306. The zero-order valence-corrected chi connectivity index (χ0v) is 86.4. The van der Waals surface area contributed by atoms with Gasteiger partial charge in [0.25, 0.3) is 11.8 Å². The van der Waals surface area contributed by atoms with E-state index in [0.29, 0.717) is 174 Å². The smallest absolute Gasteiger partial charge is 0.439 e. The number of carboxylic acid groups (broad SMARTS) is 1. The van der Waals surface area contributed by atoms with Crippen LogP contribution >= 0.6 is 50.5 Å². The molecular formula is C96H123Cl4N20O26P. The van der Waals surface area contributed by atoms with Gasteiger partial charge in [-0.2, -0.15) is 19.9 Å². The standard InChI is InChI=1S/C23H25N5O5.C19H26N4O5.C14H18N4O3.C10H9ClN2O3.C10H10N2O4.C9H18N2O2.C9H9NO3.2CH4.Cl3OP/c1-31-18-9-8-17(14-19(18)32-2)21-25-23(33-26-21)28-12-10-27(11-13-28)20(29)15-24-22(30)16-6-4-3-5-7-16;1-19(2,3)27-18(24)23-10-8-22(9-11-23)17-20-16(21-28-17)13-6-7-14(25-4)15(12-13)26-5;1-19-11-4-3-10(9-12(11)20-2)13-16-14(21-17-13)18-7-5-15-6-8-18;1-14-7-4-3-6(5-8(7)15-2)9-12-10(11)16-13-9;1-14-7-4-3-6(5-8(7)15-2)9-11-10(13)16-12-9;1-9(2,3)13-8(12)11-6-4-10-5-7-11;11-8(12)6-10-9(13)7-4-2-1-3-5-7;;;1-5(2,3)4/h3-9,14H,10-13,15H2,1-2H3,(H,24,30);6-7,12H,8-11H2,1-5H3;3-4,9,15H,5-8H2,1-2H3;3-5H,1-2H3;3-5H,1-2H3,(H,11,12,13);10H,4-7H2,1-3H3;1-5H,6H2,(H,10,13)(H,11,12);2*1H4;. The van der Waals surface area contributed by atoms with E-state index in [1.54, 1.807) is 194 Å². The molecule has 7 aromatic carbocycles. The summed E-state index contributed by atoms with van der Waals surface area (Å²) in [5.74, 6) is 5.94. The van der Waals surface area contributed by atoms with E-state index < -0.39 is 22.5 Å². The molecule has 0 radical (unpaired) electrons. The van der Waals surface area contributed by atoms with Crippen LogP contribution in [0.2, 0.25) is 5.35 Å². The highest BCUT2D eigenvalue weighted by molar-refractivity contribution is 8.24. The monoisotopic (exact) mass is 2140 g/mol. The summed E-state index contributed by atoms with van der Waals surface area (Å²) in [4.78, 5) is 111. The molecule has 51 heteroatoms. The SMILES string of the molecule is C.C.CC(C)(C)OC(=O)N1CCNCC1.COc1ccc(-c2noc(=O)[nH]2)cc1OC.COc1ccc(-c2noc(Cl)n2)cc1OC.COc1ccc(-c2noc(N3CCN(C(=O)CNC(=O)c4ccccc4)CC3)n2)cc1OC.COc1ccc(-c2noc(N3CCN(C(=O)OC(C)(C)C)CC3)n2)cc1OC.COc1ccc(-c2noc(N3CCNCC3)n2)cc1OC.O=C(O)CNC(=O)c1ccccc1.O=P(Cl)(Cl)Cl. The minimum Gasteiger partial charge on any atom is -0.493 e. The summed E-state index contributed by atoms with van der Waals surface area (Å²) in [6.07, 6.45) is -0.502. The van der Waals surface area contributed by atoms with Crippen molar-refractivity contribution in [3.8, 4) is 114 Å². The molecule has 0 aliphatic carbocycles. The summed E-state index contributed by atoms with van der Waals surface area (Å²) >= 11 is 19.4. The minimum atomic E-state index is -3.22. The van der Waals surface area contributed by atoms with E-state index in [4.69, 9.17) is 87.1 Å². The lowest BCUT2D eigenvalue weighted by Gasteiger charge is -2.34. The van der Waals surface area contributed by atoms with Crippen molar-refractivity contribution < 1.29 is 118 Å². The molecule has 4 aliphatic rings. The van der Waals surface area contributed by atoms with Crippen molar-refractivity contribution in [2.45, 2.75) is 67.6 Å². The Labute approximate surface area is 868 Å². The van der Waals surface area contributed by atoms with E-state index in [1.165, 1.54) is 7.11 Å². The average molecular weight is 2150 g/mol. The number of carboxylic acids is 1. The Balaban J connectivity index is 0.000000236. The first-order chi connectivity index (χ1) is 69.4. The van der Waals surface area contributed by atoms with Gasteiger partial charge < -0.3 is 131 Å². The zero-order valence-electron chi connectivity index (χ0n) is 82.5. The van der Waals surface area contributed by atoms with E-state index in [0.717, 1.165) is 74.6 Å². The number of ether oxygens (including phenoxy) is 12. The number of carbonyl (C=O) groups is 6. The molecule has 4 saturated heterocycles. The molecule has 16 rings (SSSR count). The van der Waals surface area contributed by atoms with Crippen LogP contribution in [0.1, 0.15) is 77.1 Å². The lowest BCUT2D eigenvalue weighted by atomic mass is 10.2. The number of anilines is 3. The Kier molecular flexibility index (Phi) is 47.8. The van der Waals surface area contributed by atoms with Crippen molar-refractivity contribution in [3.63, 3.8) is 0 Å². The third kappa shape index (κ3) is 38.3. The maximum Gasteiger partial charge on any atom is 0.439 e. The van der Waals surface area contributed by atoms with Crippen LogP contribution in [0.5, 0.6) is 57.5 Å². The fourth-order valence-electron chi connectivity index (χ4n) is 13.3. The normalized spacial score (nSPS) is 13.1. The van der Waals surface area contributed by atoms with Crippen LogP contribution in [0.4, 0.5) is 27.6 Å². The number of nitrogens with one attached hydrogen (secondary N) is 5. The second kappa shape index (κ2) is 59.0. The van der Waals surface area contributed by atoms with Gasteiger partial charge >= 0.3 is 52.5 Å². The molecule has 4 aliphatic heterocycles. The van der Waals surface area contributed by atoms with Gasteiger partial charge in [0.05, 0.1) is 77.6 Å². The molecular weight excluding hydrogens is 2020 g/mol. The van der Waals surface area contributed by atoms with Gasteiger partial charge in [-0.1, -0.05) is 77.0 Å². The van der Waals surface area contributed by atoms with Crippen molar-refractivity contribution in [1.82, 2.24) is 86.7 Å². The molecule has 5 aromatic heterocycles. The van der Waals surface area contributed by atoms with Gasteiger partial charge in [0, 0.05) is 144 Å². The van der Waals surface area contributed by atoms with E-state index in [2.05, 4.69) is 120 Å². The first kappa shape index (κ1) is 119. The summed E-state index contributed by atoms with van der Waals surface area (Å²) in [5, 5.41) is 35.9. The fourth-order valence-corrected chi connectivity index (χ4v) is 13.5. The second-order valence-electron chi connectivity index (χ2n) is 32.5. The molecule has 0 saturated carbocycles. The molecule has 6 N–H and O–H groups in total. The average Bonchev–Trinajstić information content (AvgIpc) is 1.67. The summed E-state index contributed by atoms with van der Waals surface area (Å²) in [7, 11) is 15.7. The molecule has 147 heavy (non-hydrogen) atoms. The predicted octanol–water partition coefficient (Wildman–Crippen LogP) is 14.7. The Morgan fingerprint density at radius 2 is 0.673 bits per heavy atom. The summed E-state index contributed by atoms with van der Waals surface area (Å²) < 4.78 is 97.6. The van der Waals surface area contributed by atoms with Crippen LogP contribution in [0.3, 0.4) is 0 Å². The van der Waals surface area contributed by atoms with E-state index >= 15 is 0 Å². The molecule has 46 nitrogen and oxygen atoms in total. The number of H-pyrrole nitrogens is 1. The number of rotatable bonds is 24. The fraction of sp³-hybridized carbons (Fsp3) is 0.396. The number of nitrogens with zero attached hydrogens (tertiary/aromatic N) is 15. The molecule has 0 atom stereocenters. The molecule has 4 fully saturated rings. The second-order valence-corrected chi connectivity index (χ2v) is 39.5. The number of benzene rings is 7. The molecule has 796 valence electrons. The third-order valence-corrected chi connectivity index (χ3v) is 20.6. The Morgan fingerprint density at radius 1 is 0.381 bits per heavy atom. The van der Waals surface area contributed by atoms with Gasteiger partial charge in [-0.05, 0) is 202 Å². The number of methoxy groups -OCH3 is 10. The van der Waals surface area contributed by atoms with Crippen LogP contribution in [0, 0.1) is 0 Å². The lowest BCUT2D eigenvalue weighted by Crippen LogP contribution is -2.51. The van der Waals surface area contributed by atoms with Crippen molar-refractivity contribution in [2.24, 2.45) is 0 Å². The van der Waals surface area contributed by atoms with Gasteiger partial charge in [-0.15, -0.1) is 0 Å². The maximum absolute atomic E-state index is 12.5. The van der Waals surface area contributed by atoms with Crippen molar-refractivity contribution in [3.05, 3.63) is 179 Å². The number of carbonyl (C=O) groups excluding carboxylic acids is 5. The van der Waals surface area contributed by atoms with Crippen LogP contribution in [0.25, 0.3) is 56.9 Å². The molecule has 0 bridgehead atoms. The number of piperazine rings is 4. The highest BCUT2D eigenvalue weighted by Gasteiger charge is 2.31. The number of aromatic amines is 1. The zero-order chi connectivity index (χ0) is 105. The Bertz CT molecular complexity index is 6220. The van der Waals surface area contributed by atoms with Crippen LogP contribution < -0.4 is 89.1 Å². The maximum atomic E-state index is 12.5. The van der Waals surface area contributed by atoms with Crippen molar-refractivity contribution >= 4 is 104 Å². The number of aromatic nitrogens is 10. The summed E-state index contributed by atoms with van der Waals surface area (Å²) in [6, 6.07) is 45.5. The number of aliphatic carboxylic acids is 1. The van der Waals surface area contributed by atoms with Crippen LogP contribution in [-0.4, -0.2) is 306 Å². The number of halogens is 4. The predicted molar refractivity (Wildman–Crippen MR) is 550 cm³/mol. The molecule has 5 amide bonds. The van der Waals surface area contributed by atoms with Gasteiger partial charge in [0.2, 0.25) is 29.2 Å². The number of amides is 5. The van der Waals surface area contributed by atoms with Gasteiger partial charge in [0.1, 0.15) is 17.7 Å². The minimum absolute atomic E-state index is 0. The summed E-state index contributed by atoms with van der Waals surface area (Å²) in [6.45, 7) is 21.9. The lowest BCUT2D eigenvalue weighted by molar-refractivity contribution is -0.135. The third-order valence-electron chi connectivity index (χ3n) is 20.4. The van der Waals surface area contributed by atoms with Crippen LogP contribution in [0.15, 0.2) is 179 Å². The van der Waals surface area contributed by atoms with Crippen molar-refractivity contribution in [2.75, 3.05) is 204 Å². The number of hydrogen-bond donors (Lipinski definition) is 6. The topological polar surface area (TPSA) is 533 Å². The van der Waals surface area contributed by atoms with E-state index in [1.807, 2.05) is 87.7 Å². The summed E-state index contributed by atoms with van der Waals surface area (Å²) in [5.41, 5.74) is 3.86. The highest BCUT2D eigenvalue weighted by atomic mass is 36.0. The molecule has 0 spiro atoms. The molecule has 9 heterocycles. The Morgan fingerprint density at radius 3 is 0.980 bits per heavy atom. The van der Waals surface area contributed by atoms with Crippen molar-refractivity contribution in [1.29, 1.82) is 0 Å². The van der Waals surface area contributed by atoms with E-state index in [9.17, 15) is 38.1 Å². The van der Waals surface area contributed by atoms with Crippen LogP contribution in [-0.2, 0) is 23.6 Å². The molecule has 12 aromatic rings. The Hall–Kier alpha value is -14.8. The van der Waals surface area contributed by atoms with E-state index in [-0.39, 0.29) is 68.8 Å². The van der Waals surface area contributed by atoms with Gasteiger partial charge in [-0.3, -0.25) is 33.3 Å². The number of hydrogen-bond acceptors (Lipinski definition) is 39. The first-order valence-electron chi connectivity index (χ1n) is 44.5. The first-order valence-corrected chi connectivity index (χ1v) is 49.3. The highest BCUT2D eigenvalue weighted by Crippen LogP contribution is 2.61. The molecule has 0 unspecified atom stereocenters. The van der Waals surface area contributed by atoms with Gasteiger partial charge in [0.15, 0.2) is 63.3 Å².